The Labute approximate surface area is 338 Å². The van der Waals surface area contributed by atoms with E-state index in [1.807, 2.05) is 11.3 Å². The molecular formula is C54H43NOS. The van der Waals surface area contributed by atoms with Crippen LogP contribution in [0.5, 0.6) is 5.75 Å². The number of rotatable bonds is 7. The number of para-hydroxylation sites is 1. The number of thiophene rings is 1. The molecule has 0 amide bonds. The Bertz CT molecular complexity index is 2830. The van der Waals surface area contributed by atoms with Gasteiger partial charge in [0.25, 0.3) is 0 Å². The zero-order valence-corrected chi connectivity index (χ0v) is 32.6. The molecule has 276 valence electrons. The number of benzene rings is 5. The molecule has 0 spiro atoms. The molecule has 57 heavy (non-hydrogen) atoms. The van der Waals surface area contributed by atoms with Gasteiger partial charge in [-0.3, -0.25) is 0 Å². The van der Waals surface area contributed by atoms with Gasteiger partial charge in [0.15, 0.2) is 0 Å². The van der Waals surface area contributed by atoms with Crippen molar-refractivity contribution >= 4 is 50.1 Å². The second kappa shape index (κ2) is 14.4. The molecule has 6 aromatic rings. The zero-order valence-electron chi connectivity index (χ0n) is 31.8. The van der Waals surface area contributed by atoms with Crippen molar-refractivity contribution in [3.8, 4) is 16.9 Å². The molecule has 0 saturated carbocycles. The number of hydrogen-bond donors (Lipinski definition) is 0. The Morgan fingerprint density at radius 1 is 0.649 bits per heavy atom. The van der Waals surface area contributed by atoms with Crippen LogP contribution in [0.2, 0.25) is 0 Å². The molecule has 0 bridgehead atoms. The monoisotopic (exact) mass is 753 g/mol. The lowest BCUT2D eigenvalue weighted by Crippen LogP contribution is -2.31. The first-order valence-corrected chi connectivity index (χ1v) is 21.2. The Morgan fingerprint density at radius 2 is 1.47 bits per heavy atom. The van der Waals surface area contributed by atoms with Gasteiger partial charge in [0, 0.05) is 50.5 Å². The summed E-state index contributed by atoms with van der Waals surface area (Å²) in [5.41, 5.74) is 12.8. The van der Waals surface area contributed by atoms with Crippen LogP contribution in [0.4, 0.5) is 11.4 Å². The number of hydrogen-bond acceptors (Lipinski definition) is 3. The quantitative estimate of drug-likeness (QED) is 0.161. The molecule has 5 aromatic carbocycles. The normalized spacial score (nSPS) is 21.6. The van der Waals surface area contributed by atoms with E-state index < -0.39 is 0 Å². The van der Waals surface area contributed by atoms with Crippen LogP contribution in [0.1, 0.15) is 54.2 Å². The molecule has 3 heteroatoms. The van der Waals surface area contributed by atoms with Crippen LogP contribution in [0, 0.1) is 5.92 Å². The van der Waals surface area contributed by atoms with Crippen LogP contribution in [0.25, 0.3) is 38.6 Å². The smallest absolute Gasteiger partial charge is 0.128 e. The molecule has 2 nitrogen and oxygen atoms in total. The van der Waals surface area contributed by atoms with E-state index in [2.05, 4.69) is 193 Å². The van der Waals surface area contributed by atoms with Gasteiger partial charge < -0.3 is 9.64 Å². The fraction of sp³-hybridized carbons (Fsp3) is 0.148. The highest BCUT2D eigenvalue weighted by Gasteiger charge is 2.33. The van der Waals surface area contributed by atoms with E-state index in [0.29, 0.717) is 11.8 Å². The number of ether oxygens (including phenoxy) is 1. The zero-order chi connectivity index (χ0) is 37.7. The first kappa shape index (κ1) is 34.1. The summed E-state index contributed by atoms with van der Waals surface area (Å²) >= 11 is 1.95. The molecule has 1 aliphatic heterocycles. The van der Waals surface area contributed by atoms with Gasteiger partial charge in [0.1, 0.15) is 11.9 Å². The van der Waals surface area contributed by atoms with Crippen molar-refractivity contribution in [1.29, 1.82) is 0 Å². The van der Waals surface area contributed by atoms with E-state index in [4.69, 9.17) is 4.74 Å². The molecule has 2 heterocycles. The first-order valence-electron chi connectivity index (χ1n) is 20.4. The maximum atomic E-state index is 6.39. The van der Waals surface area contributed by atoms with Gasteiger partial charge in [-0.25, -0.2) is 0 Å². The van der Waals surface area contributed by atoms with Crippen molar-refractivity contribution in [2.24, 2.45) is 5.92 Å². The lowest BCUT2D eigenvalue weighted by molar-refractivity contribution is 0.269. The largest absolute Gasteiger partial charge is 0.485 e. The first-order chi connectivity index (χ1) is 28.2. The van der Waals surface area contributed by atoms with Crippen LogP contribution in [0.15, 0.2) is 188 Å². The molecule has 0 saturated heterocycles. The van der Waals surface area contributed by atoms with Crippen molar-refractivity contribution in [1.82, 2.24) is 0 Å². The van der Waals surface area contributed by atoms with E-state index in [1.165, 1.54) is 75.9 Å². The molecule has 0 fully saturated rings. The minimum Gasteiger partial charge on any atom is -0.485 e. The topological polar surface area (TPSA) is 12.5 Å². The SMILES string of the molecule is C1=CCC(C2=CCC(c3ccc(N(C4=c5sc6c(-c7ccccc7)cccc6c5=CCC4)c4ccc(C5=CC6Oc7ccccc7C6C=C5)cc4)cc3)C=C2)C=C1. The molecule has 11 rings (SSSR count). The minimum absolute atomic E-state index is 0.0284. The predicted molar refractivity (Wildman–Crippen MR) is 240 cm³/mol. The Hall–Kier alpha value is -6.16. The second-order valence-electron chi connectivity index (χ2n) is 15.7. The summed E-state index contributed by atoms with van der Waals surface area (Å²) in [5, 5.41) is 2.72. The van der Waals surface area contributed by atoms with Crippen molar-refractivity contribution in [3.63, 3.8) is 0 Å². The average molecular weight is 754 g/mol. The maximum Gasteiger partial charge on any atom is 0.128 e. The molecule has 0 radical (unpaired) electrons. The Kier molecular flexibility index (Phi) is 8.62. The van der Waals surface area contributed by atoms with E-state index in [-0.39, 0.29) is 12.0 Å². The van der Waals surface area contributed by atoms with Gasteiger partial charge in [-0.15, -0.1) is 11.3 Å². The lowest BCUT2D eigenvalue weighted by atomic mass is 9.84. The number of anilines is 2. The van der Waals surface area contributed by atoms with E-state index in [0.717, 1.165) is 31.4 Å². The molecule has 1 aromatic heterocycles. The summed E-state index contributed by atoms with van der Waals surface area (Å²) in [7, 11) is 0. The van der Waals surface area contributed by atoms with Gasteiger partial charge >= 0.3 is 0 Å². The summed E-state index contributed by atoms with van der Waals surface area (Å²) in [6, 6.07) is 44.7. The summed E-state index contributed by atoms with van der Waals surface area (Å²) in [6.07, 6.45) is 29.7. The third-order valence-electron chi connectivity index (χ3n) is 12.4. The standard InChI is InChI=1S/C54H43NOS/c1-3-11-36(12-4-1)37-21-23-38(24-22-37)39-25-30-43(31-26-39)55(44-32-27-40(28-33-44)42-29-34-47-46-15-7-8-20-51(46)56-52(47)35-42)50-19-10-18-49-48-17-9-16-45(53(48)57-54(49)50)41-13-5-2-6-14-41/h1-9,11,13-18,20-23,25-36,38,47,52H,10,12,19,24H2. The third kappa shape index (κ3) is 6.18. The molecular weight excluding hydrogens is 711 g/mol. The van der Waals surface area contributed by atoms with Gasteiger partial charge in [0.2, 0.25) is 0 Å². The third-order valence-corrected chi connectivity index (χ3v) is 13.7. The van der Waals surface area contributed by atoms with Crippen molar-refractivity contribution in [3.05, 3.63) is 214 Å². The van der Waals surface area contributed by atoms with Crippen LogP contribution in [0.3, 0.4) is 0 Å². The van der Waals surface area contributed by atoms with E-state index in [1.54, 1.807) is 0 Å². The van der Waals surface area contributed by atoms with E-state index in [9.17, 15) is 0 Å². The minimum atomic E-state index is 0.0284. The lowest BCUT2D eigenvalue weighted by Gasteiger charge is -2.29. The summed E-state index contributed by atoms with van der Waals surface area (Å²) in [5.74, 6) is 2.15. The Balaban J connectivity index is 0.973. The fourth-order valence-corrected chi connectivity index (χ4v) is 10.8. The highest BCUT2D eigenvalue weighted by Crippen LogP contribution is 2.44. The summed E-state index contributed by atoms with van der Waals surface area (Å²) in [6.45, 7) is 0. The van der Waals surface area contributed by atoms with Gasteiger partial charge in [-0.1, -0.05) is 152 Å². The van der Waals surface area contributed by atoms with Crippen LogP contribution >= 0.6 is 11.3 Å². The number of allylic oxidation sites excluding steroid dienone is 10. The molecule has 4 atom stereocenters. The number of nitrogens with zero attached hydrogens (tertiary/aromatic N) is 1. The van der Waals surface area contributed by atoms with Crippen molar-refractivity contribution < 1.29 is 4.74 Å². The fourth-order valence-electron chi connectivity index (χ4n) is 9.45. The maximum absolute atomic E-state index is 6.39. The highest BCUT2D eigenvalue weighted by molar-refractivity contribution is 7.17. The molecule has 0 N–H and O–H groups in total. The Morgan fingerprint density at radius 3 is 2.28 bits per heavy atom. The van der Waals surface area contributed by atoms with Crippen LogP contribution in [-0.2, 0) is 0 Å². The van der Waals surface area contributed by atoms with Crippen molar-refractivity contribution in [2.75, 3.05) is 4.90 Å². The van der Waals surface area contributed by atoms with Gasteiger partial charge in [-0.2, -0.15) is 0 Å². The second-order valence-corrected chi connectivity index (χ2v) is 16.8. The molecule has 4 aliphatic carbocycles. The van der Waals surface area contributed by atoms with Gasteiger partial charge in [0.05, 0.1) is 4.53 Å². The van der Waals surface area contributed by atoms with Crippen LogP contribution in [-0.4, -0.2) is 6.10 Å². The predicted octanol–water partition coefficient (Wildman–Crippen LogP) is 12.7. The average Bonchev–Trinajstić information content (AvgIpc) is 3.86. The van der Waals surface area contributed by atoms with Crippen LogP contribution < -0.4 is 19.4 Å². The van der Waals surface area contributed by atoms with Crippen molar-refractivity contribution in [2.45, 2.75) is 43.6 Å². The summed E-state index contributed by atoms with van der Waals surface area (Å²) < 4.78 is 9.12. The van der Waals surface area contributed by atoms with Gasteiger partial charge in [-0.05, 0) is 101 Å². The molecule has 4 unspecified atom stereocenters. The molecule has 5 aliphatic rings. The van der Waals surface area contributed by atoms with E-state index >= 15 is 0 Å². The summed E-state index contributed by atoms with van der Waals surface area (Å²) in [4.78, 5) is 2.53. The number of fused-ring (bicyclic) bond motifs is 6. The highest BCUT2D eigenvalue weighted by atomic mass is 32.1.